The number of carbonyl (C=O) groups is 1. The van der Waals surface area contributed by atoms with Crippen LogP contribution in [-0.4, -0.2) is 13.1 Å². The summed E-state index contributed by atoms with van der Waals surface area (Å²) in [6, 6.07) is 7.81. The first-order valence-electron chi connectivity index (χ1n) is 4.49. The summed E-state index contributed by atoms with van der Waals surface area (Å²) >= 11 is 4.20. The maximum Gasteiger partial charge on any atom is 0.306 e. The third-order valence-electron chi connectivity index (χ3n) is 2.16. The Hall–Kier alpha value is -0.960. The van der Waals surface area contributed by atoms with E-state index in [-0.39, 0.29) is 11.9 Å². The molecule has 0 saturated carbocycles. The predicted molar refractivity (Wildman–Crippen MR) is 58.7 cm³/mol. The van der Waals surface area contributed by atoms with Gasteiger partial charge in [0.25, 0.3) is 0 Å². The molecule has 1 aromatic carbocycles. The summed E-state index contributed by atoms with van der Waals surface area (Å²) in [6.45, 7) is 2.00. The van der Waals surface area contributed by atoms with E-state index in [1.807, 2.05) is 31.2 Å². The van der Waals surface area contributed by atoms with Crippen molar-refractivity contribution in [3.05, 3.63) is 29.8 Å². The molecule has 0 fully saturated rings. The van der Waals surface area contributed by atoms with Gasteiger partial charge < -0.3 is 4.74 Å². The molecule has 0 N–H and O–H groups in total. The Bertz CT molecular complexity index is 306. The van der Waals surface area contributed by atoms with Gasteiger partial charge in [0.05, 0.1) is 13.5 Å². The van der Waals surface area contributed by atoms with E-state index in [0.717, 1.165) is 10.5 Å². The highest BCUT2D eigenvalue weighted by Gasteiger charge is 2.10. The highest BCUT2D eigenvalue weighted by Crippen LogP contribution is 2.20. The molecule has 0 radical (unpaired) electrons. The molecule has 0 spiro atoms. The lowest BCUT2D eigenvalue weighted by Gasteiger charge is -2.10. The lowest BCUT2D eigenvalue weighted by molar-refractivity contribution is -0.140. The first kappa shape index (κ1) is 11.1. The fourth-order valence-corrected chi connectivity index (χ4v) is 1.40. The summed E-state index contributed by atoms with van der Waals surface area (Å²) < 4.78 is 4.61. The van der Waals surface area contributed by atoms with Crippen molar-refractivity contribution >= 4 is 18.6 Å². The largest absolute Gasteiger partial charge is 0.469 e. The van der Waals surface area contributed by atoms with Crippen molar-refractivity contribution < 1.29 is 9.53 Å². The van der Waals surface area contributed by atoms with Gasteiger partial charge in [-0.1, -0.05) is 19.1 Å². The van der Waals surface area contributed by atoms with Crippen LogP contribution in [0.15, 0.2) is 29.2 Å². The van der Waals surface area contributed by atoms with Crippen molar-refractivity contribution in [3.8, 4) is 0 Å². The number of esters is 1. The number of ether oxygens (including phenoxy) is 1. The summed E-state index contributed by atoms with van der Waals surface area (Å²) in [7, 11) is 1.41. The maximum absolute atomic E-state index is 11.0. The first-order chi connectivity index (χ1) is 6.63. The molecule has 0 saturated heterocycles. The van der Waals surface area contributed by atoms with Crippen molar-refractivity contribution in [2.75, 3.05) is 7.11 Å². The molecule has 1 atom stereocenters. The third kappa shape index (κ3) is 3.07. The number of carbonyl (C=O) groups excluding carboxylic acids is 1. The van der Waals surface area contributed by atoms with Gasteiger partial charge in [-0.2, -0.15) is 0 Å². The average molecular weight is 210 g/mol. The summed E-state index contributed by atoms with van der Waals surface area (Å²) in [5.74, 6) is 0.0174. The van der Waals surface area contributed by atoms with Crippen LogP contribution in [0.2, 0.25) is 0 Å². The summed E-state index contributed by atoms with van der Waals surface area (Å²) in [5, 5.41) is 0. The van der Waals surface area contributed by atoms with Crippen LogP contribution in [-0.2, 0) is 9.53 Å². The highest BCUT2D eigenvalue weighted by molar-refractivity contribution is 7.80. The van der Waals surface area contributed by atoms with Crippen LogP contribution in [0.1, 0.15) is 24.8 Å². The minimum absolute atomic E-state index is 0.174. The molecule has 0 amide bonds. The van der Waals surface area contributed by atoms with Gasteiger partial charge in [0.1, 0.15) is 0 Å². The molecule has 1 aromatic rings. The Kier molecular flexibility index (Phi) is 4.01. The van der Waals surface area contributed by atoms with Gasteiger partial charge >= 0.3 is 5.97 Å². The Morgan fingerprint density at radius 1 is 1.43 bits per heavy atom. The van der Waals surface area contributed by atoms with Crippen LogP contribution in [0.25, 0.3) is 0 Å². The van der Waals surface area contributed by atoms with Crippen molar-refractivity contribution in [1.29, 1.82) is 0 Å². The molecule has 76 valence electrons. The molecule has 0 aliphatic rings. The van der Waals surface area contributed by atoms with Gasteiger partial charge in [-0.3, -0.25) is 4.79 Å². The number of methoxy groups -OCH3 is 1. The molecule has 3 heteroatoms. The van der Waals surface area contributed by atoms with E-state index in [1.165, 1.54) is 7.11 Å². The van der Waals surface area contributed by atoms with Gasteiger partial charge in [-0.15, -0.1) is 12.6 Å². The molecule has 0 bridgehead atoms. The van der Waals surface area contributed by atoms with E-state index in [9.17, 15) is 4.79 Å². The van der Waals surface area contributed by atoms with E-state index in [4.69, 9.17) is 0 Å². The molecule has 14 heavy (non-hydrogen) atoms. The van der Waals surface area contributed by atoms with Crippen molar-refractivity contribution in [2.45, 2.75) is 24.2 Å². The quantitative estimate of drug-likeness (QED) is 0.613. The van der Waals surface area contributed by atoms with Crippen LogP contribution < -0.4 is 0 Å². The predicted octanol–water partition coefficient (Wildman–Crippen LogP) is 2.64. The fourth-order valence-electron chi connectivity index (χ4n) is 1.25. The highest BCUT2D eigenvalue weighted by atomic mass is 32.1. The van der Waals surface area contributed by atoms with E-state index in [1.54, 1.807) is 0 Å². The summed E-state index contributed by atoms with van der Waals surface area (Å²) in [5.41, 5.74) is 1.13. The van der Waals surface area contributed by atoms with Crippen LogP contribution in [0.5, 0.6) is 0 Å². The fraction of sp³-hybridized carbons (Fsp3) is 0.364. The molecular weight excluding hydrogens is 196 g/mol. The molecule has 0 aliphatic carbocycles. The second-order valence-corrected chi connectivity index (χ2v) is 3.79. The lowest BCUT2D eigenvalue weighted by Crippen LogP contribution is -2.05. The van der Waals surface area contributed by atoms with E-state index >= 15 is 0 Å². The molecular formula is C11H14O2S. The zero-order chi connectivity index (χ0) is 10.6. The van der Waals surface area contributed by atoms with Crippen molar-refractivity contribution in [3.63, 3.8) is 0 Å². The van der Waals surface area contributed by atoms with Crippen molar-refractivity contribution in [1.82, 2.24) is 0 Å². The molecule has 2 nitrogen and oxygen atoms in total. The zero-order valence-electron chi connectivity index (χ0n) is 8.36. The summed E-state index contributed by atoms with van der Waals surface area (Å²) in [4.78, 5) is 12.0. The second-order valence-electron chi connectivity index (χ2n) is 3.27. The van der Waals surface area contributed by atoms with Gasteiger partial charge in [-0.05, 0) is 23.6 Å². The molecule has 1 rings (SSSR count). The van der Waals surface area contributed by atoms with Gasteiger partial charge in [0.2, 0.25) is 0 Å². The molecule has 0 unspecified atom stereocenters. The van der Waals surface area contributed by atoms with Crippen LogP contribution in [0, 0.1) is 0 Å². The Balaban J connectivity index is 2.65. The lowest BCUT2D eigenvalue weighted by atomic mass is 9.98. The number of rotatable bonds is 3. The second kappa shape index (κ2) is 5.05. The van der Waals surface area contributed by atoms with Crippen LogP contribution in [0.4, 0.5) is 0 Å². The SMILES string of the molecule is COC(=O)C[C@H](C)c1ccc(S)cc1. The maximum atomic E-state index is 11.0. The molecule has 0 aliphatic heterocycles. The summed E-state index contributed by atoms with van der Waals surface area (Å²) in [6.07, 6.45) is 0.419. The van der Waals surface area contributed by atoms with E-state index in [0.29, 0.717) is 6.42 Å². The zero-order valence-corrected chi connectivity index (χ0v) is 9.25. The molecule has 0 aromatic heterocycles. The normalized spacial score (nSPS) is 12.2. The van der Waals surface area contributed by atoms with Gasteiger partial charge in [-0.25, -0.2) is 0 Å². The standard InChI is InChI=1S/C11H14O2S/c1-8(7-11(12)13-2)9-3-5-10(14)6-4-9/h3-6,8,14H,7H2,1-2H3/t8-/m0/s1. The number of benzene rings is 1. The first-order valence-corrected chi connectivity index (χ1v) is 4.94. The molecule has 0 heterocycles. The Morgan fingerprint density at radius 3 is 2.50 bits per heavy atom. The van der Waals surface area contributed by atoms with E-state index in [2.05, 4.69) is 17.4 Å². The van der Waals surface area contributed by atoms with Crippen LogP contribution >= 0.6 is 12.6 Å². The van der Waals surface area contributed by atoms with Gasteiger partial charge in [0.15, 0.2) is 0 Å². The minimum Gasteiger partial charge on any atom is -0.469 e. The topological polar surface area (TPSA) is 26.3 Å². The number of thiol groups is 1. The minimum atomic E-state index is -0.174. The Morgan fingerprint density at radius 2 is 2.00 bits per heavy atom. The van der Waals surface area contributed by atoms with Gasteiger partial charge in [0, 0.05) is 4.90 Å². The smallest absolute Gasteiger partial charge is 0.306 e. The van der Waals surface area contributed by atoms with Crippen LogP contribution in [0.3, 0.4) is 0 Å². The Labute approximate surface area is 89.7 Å². The van der Waals surface area contributed by atoms with Crippen molar-refractivity contribution in [2.24, 2.45) is 0 Å². The number of hydrogen-bond acceptors (Lipinski definition) is 3. The third-order valence-corrected chi connectivity index (χ3v) is 2.46. The monoisotopic (exact) mass is 210 g/mol. The average Bonchev–Trinajstić information content (AvgIpc) is 2.18. The van der Waals surface area contributed by atoms with E-state index < -0.39 is 0 Å². The number of hydrogen-bond donors (Lipinski definition) is 1.